The van der Waals surface area contributed by atoms with Gasteiger partial charge in [-0.1, -0.05) is 18.2 Å². The van der Waals surface area contributed by atoms with Gasteiger partial charge in [0.1, 0.15) is 18.5 Å². The minimum atomic E-state index is -0.984. The summed E-state index contributed by atoms with van der Waals surface area (Å²) in [4.78, 5) is 27.7. The van der Waals surface area contributed by atoms with E-state index in [1.807, 2.05) is 0 Å². The van der Waals surface area contributed by atoms with Crippen LogP contribution in [0.4, 0.5) is 9.18 Å². The summed E-state index contributed by atoms with van der Waals surface area (Å²) in [7, 11) is 0. The number of hydrogen-bond acceptors (Lipinski definition) is 10. The molecule has 0 spiro atoms. The van der Waals surface area contributed by atoms with Gasteiger partial charge in [0.25, 0.3) is 0 Å². The molecule has 33 heavy (non-hydrogen) atoms. The molecule has 0 bridgehead atoms. The molecule has 1 amide bonds. The molecule has 2 unspecified atom stereocenters. The molecule has 2 aromatic rings. The second-order valence-corrected chi connectivity index (χ2v) is 7.56. The van der Waals surface area contributed by atoms with Crippen LogP contribution in [0.25, 0.3) is 11.1 Å². The summed E-state index contributed by atoms with van der Waals surface area (Å²) in [5, 5.41) is 17.5. The largest absolute Gasteiger partial charge is 0.460 e. The Hall–Kier alpha value is -3.51. The van der Waals surface area contributed by atoms with E-state index in [0.29, 0.717) is 22.4 Å². The first-order chi connectivity index (χ1) is 15.3. The average molecular weight is 478 g/mol. The highest BCUT2D eigenvalue weighted by molar-refractivity contribution is 5.85. The zero-order valence-corrected chi connectivity index (χ0v) is 18.5. The third-order valence-corrected chi connectivity index (χ3v) is 5.10. The van der Waals surface area contributed by atoms with Crippen LogP contribution in [0.3, 0.4) is 0 Å². The van der Waals surface area contributed by atoms with Crippen LogP contribution in [0, 0.1) is 5.82 Å². The Kier molecular flexibility index (Phi) is 6.98. The minimum absolute atomic E-state index is 0. The molecule has 13 heteroatoms. The van der Waals surface area contributed by atoms with E-state index < -0.39 is 41.7 Å². The number of aromatic nitrogens is 1. The van der Waals surface area contributed by atoms with Crippen LogP contribution in [0.1, 0.15) is 31.1 Å². The van der Waals surface area contributed by atoms with Gasteiger partial charge in [-0.05, 0) is 42.0 Å². The SMILES string of the molecule is C[C@H](N)C(=O)OCC1OC(=O)NC1c1ccc(-c2ccc(C3(C)N=NN=N3)nc2)c(F)c1.Cl. The highest BCUT2D eigenvalue weighted by Gasteiger charge is 2.37. The second-order valence-electron chi connectivity index (χ2n) is 7.56. The maximum absolute atomic E-state index is 15.0. The summed E-state index contributed by atoms with van der Waals surface area (Å²) < 4.78 is 25.2. The van der Waals surface area contributed by atoms with E-state index in [0.717, 1.165) is 0 Å². The molecule has 3 N–H and O–H groups in total. The molecule has 2 aliphatic heterocycles. The predicted molar refractivity (Wildman–Crippen MR) is 115 cm³/mol. The van der Waals surface area contributed by atoms with Crippen LogP contribution in [0.2, 0.25) is 0 Å². The highest BCUT2D eigenvalue weighted by atomic mass is 35.5. The van der Waals surface area contributed by atoms with Crippen molar-refractivity contribution in [1.82, 2.24) is 10.3 Å². The van der Waals surface area contributed by atoms with Gasteiger partial charge in [0, 0.05) is 17.3 Å². The molecule has 2 aliphatic rings. The summed E-state index contributed by atoms with van der Waals surface area (Å²) in [5.41, 5.74) is 6.33. The number of esters is 1. The smallest absolute Gasteiger partial charge is 0.408 e. The lowest BCUT2D eigenvalue weighted by Crippen LogP contribution is -2.33. The van der Waals surface area contributed by atoms with E-state index in [9.17, 15) is 14.0 Å². The Morgan fingerprint density at radius 3 is 2.64 bits per heavy atom. The van der Waals surface area contributed by atoms with Gasteiger partial charge in [0.05, 0.1) is 11.7 Å². The van der Waals surface area contributed by atoms with E-state index in [1.54, 1.807) is 31.2 Å². The van der Waals surface area contributed by atoms with E-state index in [4.69, 9.17) is 15.2 Å². The summed E-state index contributed by atoms with van der Waals surface area (Å²) in [5.74, 6) is -1.14. The van der Waals surface area contributed by atoms with Gasteiger partial charge < -0.3 is 20.5 Å². The lowest BCUT2D eigenvalue weighted by atomic mass is 9.98. The molecule has 11 nitrogen and oxygen atoms in total. The summed E-state index contributed by atoms with van der Waals surface area (Å²) in [6, 6.07) is 6.42. The zero-order valence-electron chi connectivity index (χ0n) is 17.6. The van der Waals surface area contributed by atoms with Crippen molar-refractivity contribution in [1.29, 1.82) is 0 Å². The number of nitrogens with two attached hydrogens (primary N) is 1. The van der Waals surface area contributed by atoms with Crippen LogP contribution in [0.15, 0.2) is 57.2 Å². The molecule has 0 radical (unpaired) electrons. The normalized spacial score (nSPS) is 21.2. The van der Waals surface area contributed by atoms with Crippen LogP contribution >= 0.6 is 12.4 Å². The molecule has 3 heterocycles. The Balaban J connectivity index is 0.00000306. The number of carbonyl (C=O) groups is 2. The topological polar surface area (TPSA) is 153 Å². The van der Waals surface area contributed by atoms with Gasteiger partial charge in [-0.2, -0.15) is 0 Å². The van der Waals surface area contributed by atoms with Crippen LogP contribution in [0.5, 0.6) is 0 Å². The maximum Gasteiger partial charge on any atom is 0.408 e. The van der Waals surface area contributed by atoms with Crippen molar-refractivity contribution in [2.24, 2.45) is 26.4 Å². The van der Waals surface area contributed by atoms with Crippen molar-refractivity contribution in [3.8, 4) is 11.1 Å². The number of nitrogens with zero attached hydrogens (tertiary/aromatic N) is 5. The third-order valence-electron chi connectivity index (χ3n) is 5.10. The van der Waals surface area contributed by atoms with Crippen molar-refractivity contribution in [3.05, 3.63) is 53.6 Å². The molecule has 3 atom stereocenters. The number of hydrogen-bond donors (Lipinski definition) is 2. The molecule has 1 saturated heterocycles. The van der Waals surface area contributed by atoms with Gasteiger partial charge in [-0.3, -0.25) is 9.78 Å². The van der Waals surface area contributed by atoms with Crippen molar-refractivity contribution in [2.45, 2.75) is 37.7 Å². The van der Waals surface area contributed by atoms with E-state index in [-0.39, 0.29) is 19.0 Å². The van der Waals surface area contributed by atoms with Crippen LogP contribution < -0.4 is 11.1 Å². The number of amides is 1. The Morgan fingerprint density at radius 2 is 2.03 bits per heavy atom. The number of nitrogens with one attached hydrogen (secondary N) is 1. The fourth-order valence-electron chi connectivity index (χ4n) is 3.31. The summed E-state index contributed by atoms with van der Waals surface area (Å²) in [6.07, 6.45) is 0.0151. The third kappa shape index (κ3) is 4.96. The predicted octanol–water partition coefficient (Wildman–Crippen LogP) is 3.36. The van der Waals surface area contributed by atoms with Crippen molar-refractivity contribution < 1.29 is 23.5 Å². The number of cyclic esters (lactones) is 1. The first-order valence-electron chi connectivity index (χ1n) is 9.76. The first-order valence-corrected chi connectivity index (χ1v) is 9.76. The number of carbonyl (C=O) groups excluding carboxylic acids is 2. The molecule has 1 aromatic heterocycles. The monoisotopic (exact) mass is 477 g/mol. The minimum Gasteiger partial charge on any atom is -0.460 e. The molecule has 4 rings (SSSR count). The quantitative estimate of drug-likeness (QED) is 0.608. The van der Waals surface area contributed by atoms with Gasteiger partial charge in [-0.25, -0.2) is 9.18 Å². The first kappa shape index (κ1) is 24.1. The molecule has 1 aromatic carbocycles. The van der Waals surface area contributed by atoms with Crippen molar-refractivity contribution in [3.63, 3.8) is 0 Å². The van der Waals surface area contributed by atoms with Gasteiger partial charge in [-0.15, -0.1) is 22.6 Å². The van der Waals surface area contributed by atoms with Crippen LogP contribution in [-0.2, 0) is 19.9 Å². The van der Waals surface area contributed by atoms with E-state index in [1.165, 1.54) is 19.2 Å². The average Bonchev–Trinajstić information content (AvgIpc) is 3.38. The highest BCUT2D eigenvalue weighted by Crippen LogP contribution is 2.33. The number of rotatable bonds is 6. The number of pyridine rings is 1. The van der Waals surface area contributed by atoms with Gasteiger partial charge in [0.2, 0.25) is 5.66 Å². The second kappa shape index (κ2) is 9.55. The maximum atomic E-state index is 15.0. The standard InChI is InChI=1S/C20H20FN7O4.ClH/c1-10(22)18(29)31-9-15-17(24-19(30)32-15)11-3-5-13(14(21)7-11)12-4-6-16(23-8-12)20(2)25-27-28-26-20;/h3-8,10,15,17H,9,22H2,1-2H3,(H,24,30);1H/t10-,15?,17?;/m0./s1. The van der Waals surface area contributed by atoms with E-state index >= 15 is 0 Å². The fraction of sp³-hybridized carbons (Fsp3) is 0.350. The molecule has 174 valence electrons. The zero-order chi connectivity index (χ0) is 22.9. The molecule has 0 aliphatic carbocycles. The van der Waals surface area contributed by atoms with E-state index in [2.05, 4.69) is 31.0 Å². The number of halogens is 2. The molecule has 1 fully saturated rings. The Labute approximate surface area is 194 Å². The number of benzene rings is 1. The van der Waals surface area contributed by atoms with Crippen molar-refractivity contribution in [2.75, 3.05) is 6.61 Å². The lowest BCUT2D eigenvalue weighted by Gasteiger charge is -2.18. The lowest BCUT2D eigenvalue weighted by molar-refractivity contribution is -0.147. The number of ether oxygens (including phenoxy) is 2. The molecular weight excluding hydrogens is 457 g/mol. The van der Waals surface area contributed by atoms with Gasteiger partial charge in [0.15, 0.2) is 6.10 Å². The Bertz CT molecular complexity index is 1100. The van der Waals surface area contributed by atoms with Gasteiger partial charge >= 0.3 is 12.1 Å². The summed E-state index contributed by atoms with van der Waals surface area (Å²) >= 11 is 0. The van der Waals surface area contributed by atoms with Crippen LogP contribution in [-0.4, -0.2) is 35.8 Å². The summed E-state index contributed by atoms with van der Waals surface area (Å²) in [6.45, 7) is 2.99. The number of alkyl carbamates (subject to hydrolysis) is 1. The Morgan fingerprint density at radius 1 is 1.30 bits per heavy atom. The molecule has 0 saturated carbocycles. The van der Waals surface area contributed by atoms with Crippen molar-refractivity contribution >= 4 is 24.5 Å². The molecular formula is C20H21ClFN7O4. The fourth-order valence-corrected chi connectivity index (χ4v) is 3.31.